The van der Waals surface area contributed by atoms with Crippen molar-refractivity contribution in [2.24, 2.45) is 4.40 Å². The highest BCUT2D eigenvalue weighted by Crippen LogP contribution is 2.07. The molecule has 0 saturated heterocycles. The van der Waals surface area contributed by atoms with Gasteiger partial charge in [-0.25, -0.2) is 13.2 Å². The Labute approximate surface area is 68.3 Å². The van der Waals surface area contributed by atoms with Crippen LogP contribution in [0.4, 0.5) is 8.78 Å². The number of hydrogen-bond acceptors (Lipinski definition) is 2. The minimum atomic E-state index is -0.510. The summed E-state index contributed by atoms with van der Waals surface area (Å²) in [6.45, 7) is 0. The monoisotopic (exact) mass is 173 g/mol. The van der Waals surface area contributed by atoms with Crippen molar-refractivity contribution in [3.05, 3.63) is 35.4 Å². The Morgan fingerprint density at radius 2 is 2.09 bits per heavy atom. The summed E-state index contributed by atoms with van der Waals surface area (Å²) in [6, 6.07) is 3.14. The Bertz CT molecular complexity index is 286. The van der Waals surface area contributed by atoms with Crippen molar-refractivity contribution in [2.75, 3.05) is 0 Å². The molecule has 0 atom stereocenters. The third-order valence-corrected chi connectivity index (χ3v) is 1.27. The summed E-state index contributed by atoms with van der Waals surface area (Å²) in [5.41, 5.74) is 0.0972. The van der Waals surface area contributed by atoms with Crippen molar-refractivity contribution in [1.29, 1.82) is 0 Å². The standard InChI is InChI=1S/C7H5F2NS/c8-6-1-2-7(9)5(3-6)4-10-11/h1-4,11H/b10-4+. The summed E-state index contributed by atoms with van der Waals surface area (Å²) >= 11 is 3.49. The van der Waals surface area contributed by atoms with E-state index in [9.17, 15) is 8.78 Å². The van der Waals surface area contributed by atoms with Gasteiger partial charge in [0.2, 0.25) is 0 Å². The van der Waals surface area contributed by atoms with Gasteiger partial charge in [-0.1, -0.05) is 0 Å². The van der Waals surface area contributed by atoms with Gasteiger partial charge < -0.3 is 0 Å². The normalized spacial score (nSPS) is 10.8. The van der Waals surface area contributed by atoms with E-state index in [4.69, 9.17) is 0 Å². The highest BCUT2D eigenvalue weighted by molar-refractivity contribution is 7.78. The molecule has 1 aromatic rings. The fourth-order valence-corrected chi connectivity index (χ4v) is 0.800. The van der Waals surface area contributed by atoms with Crippen molar-refractivity contribution in [1.82, 2.24) is 0 Å². The van der Waals surface area contributed by atoms with Crippen molar-refractivity contribution in [2.45, 2.75) is 0 Å². The molecule has 0 aliphatic heterocycles. The van der Waals surface area contributed by atoms with Gasteiger partial charge in [0.1, 0.15) is 11.6 Å². The Morgan fingerprint density at radius 3 is 2.73 bits per heavy atom. The van der Waals surface area contributed by atoms with Crippen LogP contribution in [-0.2, 0) is 0 Å². The summed E-state index contributed by atoms with van der Waals surface area (Å²) in [4.78, 5) is 0. The van der Waals surface area contributed by atoms with Crippen LogP contribution in [-0.4, -0.2) is 6.21 Å². The zero-order valence-corrected chi connectivity index (χ0v) is 6.35. The van der Waals surface area contributed by atoms with Crippen LogP contribution in [0.1, 0.15) is 5.56 Å². The Morgan fingerprint density at radius 1 is 1.36 bits per heavy atom. The van der Waals surface area contributed by atoms with Gasteiger partial charge in [-0.05, 0) is 31.0 Å². The second kappa shape index (κ2) is 3.48. The van der Waals surface area contributed by atoms with Gasteiger partial charge in [-0.2, -0.15) is 0 Å². The smallest absolute Gasteiger partial charge is 0.132 e. The molecule has 0 saturated carbocycles. The quantitative estimate of drug-likeness (QED) is 0.494. The predicted molar refractivity (Wildman–Crippen MR) is 42.9 cm³/mol. The molecule has 1 rings (SSSR count). The van der Waals surface area contributed by atoms with Gasteiger partial charge in [0.25, 0.3) is 0 Å². The Balaban J connectivity index is 3.12. The first-order chi connectivity index (χ1) is 5.24. The second-order valence-electron chi connectivity index (χ2n) is 1.91. The van der Waals surface area contributed by atoms with E-state index in [-0.39, 0.29) is 5.56 Å². The lowest BCUT2D eigenvalue weighted by molar-refractivity contribution is 0.598. The maximum absolute atomic E-state index is 12.7. The van der Waals surface area contributed by atoms with Gasteiger partial charge in [-0.3, -0.25) is 0 Å². The average Bonchev–Trinajstić information content (AvgIpc) is 1.98. The third-order valence-electron chi connectivity index (χ3n) is 1.15. The number of hydrogen-bond donors (Lipinski definition) is 1. The first-order valence-electron chi connectivity index (χ1n) is 2.86. The minimum absolute atomic E-state index is 0.0972. The largest absolute Gasteiger partial charge is 0.227 e. The SMILES string of the molecule is Fc1ccc(F)c(/C=N/S)c1. The number of thiol groups is 1. The summed E-state index contributed by atoms with van der Waals surface area (Å²) in [5, 5.41) is 0. The minimum Gasteiger partial charge on any atom is -0.227 e. The molecule has 0 aliphatic carbocycles. The third kappa shape index (κ3) is 2.01. The fourth-order valence-electron chi connectivity index (χ4n) is 0.676. The van der Waals surface area contributed by atoms with Crippen molar-refractivity contribution in [3.8, 4) is 0 Å². The molecular formula is C7H5F2NS. The molecule has 0 fully saturated rings. The van der Waals surface area contributed by atoms with E-state index in [2.05, 4.69) is 17.2 Å². The van der Waals surface area contributed by atoms with E-state index < -0.39 is 11.6 Å². The molecule has 11 heavy (non-hydrogen) atoms. The molecular weight excluding hydrogens is 168 g/mol. The summed E-state index contributed by atoms with van der Waals surface area (Å²) < 4.78 is 28.4. The molecule has 1 aromatic carbocycles. The van der Waals surface area contributed by atoms with Crippen LogP contribution in [0, 0.1) is 11.6 Å². The van der Waals surface area contributed by atoms with Crippen LogP contribution in [0.5, 0.6) is 0 Å². The lowest BCUT2D eigenvalue weighted by Crippen LogP contribution is -1.88. The first-order valence-corrected chi connectivity index (χ1v) is 3.26. The highest BCUT2D eigenvalue weighted by Gasteiger charge is 1.99. The van der Waals surface area contributed by atoms with Gasteiger partial charge >= 0.3 is 0 Å². The van der Waals surface area contributed by atoms with Crippen LogP contribution in [0.2, 0.25) is 0 Å². The summed E-state index contributed by atoms with van der Waals surface area (Å²) in [6.07, 6.45) is 1.14. The molecule has 0 spiro atoms. The molecule has 1 nitrogen and oxygen atoms in total. The van der Waals surface area contributed by atoms with E-state index in [1.807, 2.05) is 0 Å². The molecule has 0 heterocycles. The lowest BCUT2D eigenvalue weighted by Gasteiger charge is -1.93. The zero-order valence-electron chi connectivity index (χ0n) is 5.46. The maximum Gasteiger partial charge on any atom is 0.132 e. The van der Waals surface area contributed by atoms with Gasteiger partial charge in [-0.15, -0.1) is 0 Å². The van der Waals surface area contributed by atoms with E-state index in [1.165, 1.54) is 0 Å². The molecule has 0 amide bonds. The summed E-state index contributed by atoms with van der Waals surface area (Å²) in [5.74, 6) is -1.00. The van der Waals surface area contributed by atoms with Crippen LogP contribution < -0.4 is 0 Å². The van der Waals surface area contributed by atoms with E-state index in [0.717, 1.165) is 24.4 Å². The first kappa shape index (κ1) is 8.20. The Kier molecular flexibility index (Phi) is 2.59. The molecule has 0 N–H and O–H groups in total. The summed E-state index contributed by atoms with van der Waals surface area (Å²) in [7, 11) is 0. The predicted octanol–water partition coefficient (Wildman–Crippen LogP) is 2.23. The molecule has 4 heteroatoms. The van der Waals surface area contributed by atoms with Gasteiger partial charge in [0.05, 0.1) is 0 Å². The van der Waals surface area contributed by atoms with Gasteiger partial charge in [0.15, 0.2) is 0 Å². The number of benzene rings is 1. The molecule has 0 aliphatic rings. The van der Waals surface area contributed by atoms with E-state index >= 15 is 0 Å². The van der Waals surface area contributed by atoms with Crippen LogP contribution in [0.3, 0.4) is 0 Å². The van der Waals surface area contributed by atoms with Crippen LogP contribution in [0.15, 0.2) is 22.6 Å². The lowest BCUT2D eigenvalue weighted by atomic mass is 10.2. The van der Waals surface area contributed by atoms with E-state index in [1.54, 1.807) is 0 Å². The van der Waals surface area contributed by atoms with Gasteiger partial charge in [0, 0.05) is 11.8 Å². The topological polar surface area (TPSA) is 12.4 Å². The highest BCUT2D eigenvalue weighted by atomic mass is 32.1. The molecule has 0 radical (unpaired) electrons. The van der Waals surface area contributed by atoms with Crippen molar-refractivity contribution in [3.63, 3.8) is 0 Å². The van der Waals surface area contributed by atoms with E-state index in [0.29, 0.717) is 0 Å². The van der Waals surface area contributed by atoms with Crippen LogP contribution >= 0.6 is 12.8 Å². The molecule has 58 valence electrons. The number of halogens is 2. The molecule has 0 bridgehead atoms. The Hall–Kier alpha value is -0.900. The number of nitrogens with zero attached hydrogens (tertiary/aromatic N) is 1. The average molecular weight is 173 g/mol. The zero-order chi connectivity index (χ0) is 8.27. The van der Waals surface area contributed by atoms with Crippen LogP contribution in [0.25, 0.3) is 0 Å². The number of rotatable bonds is 1. The maximum atomic E-state index is 12.7. The van der Waals surface area contributed by atoms with Crippen molar-refractivity contribution >= 4 is 19.0 Å². The second-order valence-corrected chi connectivity index (χ2v) is 2.14. The fraction of sp³-hybridized carbons (Fsp3) is 0. The molecule has 0 aromatic heterocycles. The van der Waals surface area contributed by atoms with Crippen molar-refractivity contribution < 1.29 is 8.78 Å². The molecule has 0 unspecified atom stereocenters.